The highest BCUT2D eigenvalue weighted by Crippen LogP contribution is 2.33. The van der Waals surface area contributed by atoms with Crippen LogP contribution < -0.4 is 5.73 Å². The van der Waals surface area contributed by atoms with Crippen LogP contribution in [0.3, 0.4) is 0 Å². The highest BCUT2D eigenvalue weighted by molar-refractivity contribution is 7.11. The van der Waals surface area contributed by atoms with Crippen LogP contribution in [0.1, 0.15) is 40.8 Å². The normalized spacial score (nSPS) is 30.1. The molecule has 3 nitrogen and oxygen atoms in total. The number of hydrogen-bond donors (Lipinski definition) is 1. The Morgan fingerprint density at radius 3 is 3.12 bits per heavy atom. The predicted octanol–water partition coefficient (Wildman–Crippen LogP) is 1.85. The van der Waals surface area contributed by atoms with Gasteiger partial charge >= 0.3 is 0 Å². The standard InChI is InChI=1S/C12H18N2OS/c13-9-3-4-10-11(6-9)16-12(14-10)8-2-1-5-15-7-8/h8-9H,1-7,13H2. The molecule has 3 rings (SSSR count). The number of rotatable bonds is 1. The van der Waals surface area contributed by atoms with Gasteiger partial charge in [0, 0.05) is 23.4 Å². The van der Waals surface area contributed by atoms with E-state index in [9.17, 15) is 0 Å². The van der Waals surface area contributed by atoms with E-state index in [4.69, 9.17) is 15.5 Å². The summed E-state index contributed by atoms with van der Waals surface area (Å²) in [6, 6.07) is 0.350. The van der Waals surface area contributed by atoms with Crippen LogP contribution in [0.25, 0.3) is 0 Å². The molecule has 16 heavy (non-hydrogen) atoms. The third-order valence-electron chi connectivity index (χ3n) is 3.50. The van der Waals surface area contributed by atoms with Crippen molar-refractivity contribution in [2.24, 2.45) is 5.73 Å². The van der Waals surface area contributed by atoms with Crippen LogP contribution in [0.2, 0.25) is 0 Å². The van der Waals surface area contributed by atoms with E-state index in [2.05, 4.69) is 0 Å². The number of fused-ring (bicyclic) bond motifs is 1. The molecule has 2 aliphatic rings. The number of ether oxygens (including phenoxy) is 1. The fourth-order valence-corrected chi connectivity index (χ4v) is 3.85. The van der Waals surface area contributed by atoms with Gasteiger partial charge in [-0.1, -0.05) is 0 Å². The van der Waals surface area contributed by atoms with Gasteiger partial charge in [0.05, 0.1) is 17.3 Å². The molecule has 4 heteroatoms. The molecule has 1 aliphatic carbocycles. The van der Waals surface area contributed by atoms with Gasteiger partial charge in [0.15, 0.2) is 0 Å². The van der Waals surface area contributed by atoms with Gasteiger partial charge in [-0.3, -0.25) is 0 Å². The Morgan fingerprint density at radius 2 is 2.31 bits per heavy atom. The van der Waals surface area contributed by atoms with Crippen molar-refractivity contribution in [1.29, 1.82) is 0 Å². The van der Waals surface area contributed by atoms with Crippen LogP contribution in [0, 0.1) is 0 Å². The molecular formula is C12H18N2OS. The van der Waals surface area contributed by atoms with Gasteiger partial charge < -0.3 is 10.5 Å². The quantitative estimate of drug-likeness (QED) is 0.812. The van der Waals surface area contributed by atoms with Crippen molar-refractivity contribution in [2.75, 3.05) is 13.2 Å². The number of hydrogen-bond acceptors (Lipinski definition) is 4. The molecule has 0 radical (unpaired) electrons. The Kier molecular flexibility index (Phi) is 2.96. The molecule has 1 aliphatic heterocycles. The second-order valence-corrected chi connectivity index (χ2v) is 5.95. The van der Waals surface area contributed by atoms with Crippen LogP contribution in [0.4, 0.5) is 0 Å². The third kappa shape index (κ3) is 2.01. The molecule has 0 saturated carbocycles. The summed E-state index contributed by atoms with van der Waals surface area (Å²) in [5.41, 5.74) is 7.30. The highest BCUT2D eigenvalue weighted by Gasteiger charge is 2.24. The van der Waals surface area contributed by atoms with E-state index in [1.165, 1.54) is 28.4 Å². The van der Waals surface area contributed by atoms with Gasteiger partial charge in [-0.05, 0) is 32.1 Å². The Labute approximate surface area is 100 Å². The second-order valence-electron chi connectivity index (χ2n) is 4.84. The molecular weight excluding hydrogens is 220 g/mol. The molecule has 1 aromatic rings. The van der Waals surface area contributed by atoms with Crippen LogP contribution in [-0.2, 0) is 17.6 Å². The average Bonchev–Trinajstić information content (AvgIpc) is 2.73. The maximum Gasteiger partial charge on any atom is 0.0985 e. The Hall–Kier alpha value is -0.450. The van der Waals surface area contributed by atoms with Gasteiger partial charge in [0.1, 0.15) is 0 Å². The molecule has 2 heterocycles. The summed E-state index contributed by atoms with van der Waals surface area (Å²) in [7, 11) is 0. The van der Waals surface area contributed by atoms with E-state index in [-0.39, 0.29) is 0 Å². The number of aromatic nitrogens is 1. The van der Waals surface area contributed by atoms with Crippen molar-refractivity contribution >= 4 is 11.3 Å². The van der Waals surface area contributed by atoms with Crippen LogP contribution >= 0.6 is 11.3 Å². The van der Waals surface area contributed by atoms with E-state index in [0.717, 1.165) is 32.5 Å². The first-order valence-corrected chi connectivity index (χ1v) is 6.96. The lowest BCUT2D eigenvalue weighted by Gasteiger charge is -2.19. The molecule has 0 spiro atoms. The highest BCUT2D eigenvalue weighted by atomic mass is 32.1. The zero-order chi connectivity index (χ0) is 11.0. The number of nitrogens with two attached hydrogens (primary N) is 1. The largest absolute Gasteiger partial charge is 0.381 e. The summed E-state index contributed by atoms with van der Waals surface area (Å²) < 4.78 is 5.53. The summed E-state index contributed by atoms with van der Waals surface area (Å²) in [6.07, 6.45) is 5.60. The lowest BCUT2D eigenvalue weighted by molar-refractivity contribution is 0.0803. The van der Waals surface area contributed by atoms with Crippen molar-refractivity contribution in [3.8, 4) is 0 Å². The number of nitrogens with zero attached hydrogens (tertiary/aromatic N) is 1. The fourth-order valence-electron chi connectivity index (χ4n) is 2.53. The molecule has 2 atom stereocenters. The summed E-state index contributed by atoms with van der Waals surface area (Å²) in [6.45, 7) is 1.78. The topological polar surface area (TPSA) is 48.1 Å². The average molecular weight is 238 g/mol. The van der Waals surface area contributed by atoms with Crippen molar-refractivity contribution < 1.29 is 4.74 Å². The van der Waals surface area contributed by atoms with E-state index in [0.29, 0.717) is 12.0 Å². The lowest BCUT2D eigenvalue weighted by atomic mass is 9.98. The van der Waals surface area contributed by atoms with Gasteiger partial charge in [-0.2, -0.15) is 0 Å². The van der Waals surface area contributed by atoms with Crippen molar-refractivity contribution in [2.45, 2.75) is 44.1 Å². The first-order chi connectivity index (χ1) is 7.83. The minimum absolute atomic E-state index is 0.350. The molecule has 1 aromatic heterocycles. The molecule has 0 aromatic carbocycles. The first kappa shape index (κ1) is 10.7. The van der Waals surface area contributed by atoms with E-state index < -0.39 is 0 Å². The molecule has 88 valence electrons. The maximum absolute atomic E-state index is 5.99. The molecule has 2 unspecified atom stereocenters. The van der Waals surface area contributed by atoms with Crippen LogP contribution in [0.15, 0.2) is 0 Å². The first-order valence-electron chi connectivity index (χ1n) is 6.14. The zero-order valence-electron chi connectivity index (χ0n) is 9.45. The number of aryl methyl sites for hydroxylation is 1. The van der Waals surface area contributed by atoms with Crippen molar-refractivity contribution in [1.82, 2.24) is 4.98 Å². The minimum Gasteiger partial charge on any atom is -0.381 e. The maximum atomic E-state index is 5.99. The van der Waals surface area contributed by atoms with Crippen LogP contribution in [0.5, 0.6) is 0 Å². The predicted molar refractivity (Wildman–Crippen MR) is 64.9 cm³/mol. The fraction of sp³-hybridized carbons (Fsp3) is 0.750. The van der Waals surface area contributed by atoms with E-state index >= 15 is 0 Å². The third-order valence-corrected chi connectivity index (χ3v) is 4.79. The van der Waals surface area contributed by atoms with Crippen molar-refractivity contribution in [3.63, 3.8) is 0 Å². The summed E-state index contributed by atoms with van der Waals surface area (Å²) in [5.74, 6) is 0.542. The SMILES string of the molecule is NC1CCc2nc(C3CCCOC3)sc2C1. The lowest BCUT2D eigenvalue weighted by Crippen LogP contribution is -2.27. The smallest absolute Gasteiger partial charge is 0.0985 e. The number of thiazole rings is 1. The molecule has 0 bridgehead atoms. The zero-order valence-corrected chi connectivity index (χ0v) is 10.3. The van der Waals surface area contributed by atoms with E-state index in [1.54, 1.807) is 0 Å². The summed E-state index contributed by atoms with van der Waals surface area (Å²) >= 11 is 1.87. The Balaban J connectivity index is 1.80. The summed E-state index contributed by atoms with van der Waals surface area (Å²) in [5, 5.41) is 1.29. The minimum atomic E-state index is 0.350. The van der Waals surface area contributed by atoms with Gasteiger partial charge in [0.2, 0.25) is 0 Å². The van der Waals surface area contributed by atoms with Gasteiger partial charge in [-0.15, -0.1) is 11.3 Å². The summed E-state index contributed by atoms with van der Waals surface area (Å²) in [4.78, 5) is 6.22. The Morgan fingerprint density at radius 1 is 1.38 bits per heavy atom. The second kappa shape index (κ2) is 4.43. The van der Waals surface area contributed by atoms with Crippen molar-refractivity contribution in [3.05, 3.63) is 15.6 Å². The van der Waals surface area contributed by atoms with Gasteiger partial charge in [0.25, 0.3) is 0 Å². The molecule has 0 amide bonds. The molecule has 2 N–H and O–H groups in total. The molecule has 1 fully saturated rings. The Bertz CT molecular complexity index is 371. The van der Waals surface area contributed by atoms with E-state index in [1.807, 2.05) is 11.3 Å². The monoisotopic (exact) mass is 238 g/mol. The molecule has 1 saturated heterocycles. The van der Waals surface area contributed by atoms with Crippen LogP contribution in [-0.4, -0.2) is 24.2 Å². The van der Waals surface area contributed by atoms with Gasteiger partial charge in [-0.25, -0.2) is 4.98 Å².